The second-order valence-corrected chi connectivity index (χ2v) is 8.68. The molecule has 0 aliphatic carbocycles. The maximum atomic E-state index is 13.9. The van der Waals surface area contributed by atoms with Crippen molar-refractivity contribution >= 4 is 38.3 Å². The van der Waals surface area contributed by atoms with E-state index in [1.165, 1.54) is 19.5 Å². The van der Waals surface area contributed by atoms with E-state index in [0.29, 0.717) is 33.9 Å². The molecule has 1 unspecified atom stereocenters. The van der Waals surface area contributed by atoms with E-state index in [9.17, 15) is 17.6 Å². The van der Waals surface area contributed by atoms with E-state index in [1.807, 2.05) is 0 Å². The highest BCUT2D eigenvalue weighted by Gasteiger charge is 2.49. The molecule has 3 heterocycles. The third kappa shape index (κ3) is 4.25. The molecule has 5 rings (SSSR count). The Morgan fingerprint density at radius 2 is 1.85 bits per heavy atom. The van der Waals surface area contributed by atoms with Crippen LogP contribution in [0.15, 0.2) is 41.1 Å². The summed E-state index contributed by atoms with van der Waals surface area (Å²) >= 11 is 3.18. The number of nitrogens with one attached hydrogen (secondary N) is 1. The molecule has 1 aromatic heterocycles. The van der Waals surface area contributed by atoms with Crippen molar-refractivity contribution in [3.05, 3.63) is 46.7 Å². The van der Waals surface area contributed by atoms with Gasteiger partial charge in [0.1, 0.15) is 24.4 Å². The number of ether oxygens (including phenoxy) is 4. The number of aromatic nitrogens is 2. The van der Waals surface area contributed by atoms with Crippen LogP contribution in [-0.2, 0) is 15.7 Å². The number of hydrogen-bond donors (Lipinski definition) is 1. The van der Waals surface area contributed by atoms with E-state index in [0.717, 1.165) is 12.1 Å². The standard InChI is InChI=1S/C22H18BrF4N3O4/c1-31-16-5-11-15(6-17(16)34-18-8-33-19-13(24)7-32-20(18)19)28-9-29-21(11)30-14-3-2-10(4-12(14)23)22(25,26)27/h2-6,9,13,18-20H,7-8H2,1H3,(H,28,29,30)/t13-,18?,19+,20+/m1/s1. The summed E-state index contributed by atoms with van der Waals surface area (Å²) in [7, 11) is 1.47. The van der Waals surface area contributed by atoms with E-state index >= 15 is 0 Å². The van der Waals surface area contributed by atoms with Crippen LogP contribution >= 0.6 is 15.9 Å². The first kappa shape index (κ1) is 23.1. The average molecular weight is 544 g/mol. The third-order valence-corrected chi connectivity index (χ3v) is 6.35. The molecular formula is C22H18BrF4N3O4. The number of fused-ring (bicyclic) bond motifs is 2. The zero-order chi connectivity index (χ0) is 24.0. The molecule has 1 N–H and O–H groups in total. The minimum absolute atomic E-state index is 0.0359. The first-order valence-electron chi connectivity index (χ1n) is 10.2. The second kappa shape index (κ2) is 8.82. The fraction of sp³-hybridized carbons (Fsp3) is 0.364. The van der Waals surface area contributed by atoms with Crippen molar-refractivity contribution in [2.75, 3.05) is 25.6 Å². The first-order valence-corrected chi connectivity index (χ1v) is 11.0. The van der Waals surface area contributed by atoms with Gasteiger partial charge in [-0.2, -0.15) is 13.2 Å². The van der Waals surface area contributed by atoms with Crippen molar-refractivity contribution < 1.29 is 36.5 Å². The summed E-state index contributed by atoms with van der Waals surface area (Å²) in [6.07, 6.45) is -6.01. The van der Waals surface area contributed by atoms with Gasteiger partial charge in [-0.05, 0) is 40.2 Å². The molecular weight excluding hydrogens is 526 g/mol. The maximum Gasteiger partial charge on any atom is 0.416 e. The number of nitrogens with zero attached hydrogens (tertiary/aromatic N) is 2. The van der Waals surface area contributed by atoms with Crippen LogP contribution < -0.4 is 14.8 Å². The summed E-state index contributed by atoms with van der Waals surface area (Å²) < 4.78 is 75.5. The fourth-order valence-corrected chi connectivity index (χ4v) is 4.50. The molecule has 7 nitrogen and oxygen atoms in total. The van der Waals surface area contributed by atoms with Crippen LogP contribution in [0.1, 0.15) is 5.56 Å². The number of benzene rings is 2. The molecule has 0 saturated carbocycles. The molecule has 0 amide bonds. The van der Waals surface area contributed by atoms with Gasteiger partial charge in [0.05, 0.1) is 37.1 Å². The van der Waals surface area contributed by atoms with Crippen molar-refractivity contribution in [3.63, 3.8) is 0 Å². The smallest absolute Gasteiger partial charge is 0.416 e. The molecule has 3 aromatic rings. The summed E-state index contributed by atoms with van der Waals surface area (Å²) in [5.41, 5.74) is 0.118. The topological polar surface area (TPSA) is 74.7 Å². The Kier molecular flexibility index (Phi) is 5.98. The molecule has 0 spiro atoms. The van der Waals surface area contributed by atoms with Crippen LogP contribution in [0.25, 0.3) is 10.9 Å². The van der Waals surface area contributed by atoms with Crippen molar-refractivity contribution in [2.24, 2.45) is 0 Å². The molecule has 34 heavy (non-hydrogen) atoms. The molecule has 2 fully saturated rings. The zero-order valence-corrected chi connectivity index (χ0v) is 19.2. The van der Waals surface area contributed by atoms with Crippen LogP contribution in [0.3, 0.4) is 0 Å². The normalized spacial score (nSPS) is 24.3. The van der Waals surface area contributed by atoms with E-state index in [1.54, 1.807) is 12.1 Å². The molecule has 4 atom stereocenters. The van der Waals surface area contributed by atoms with Crippen molar-refractivity contribution in [2.45, 2.75) is 30.7 Å². The van der Waals surface area contributed by atoms with Crippen molar-refractivity contribution in [1.82, 2.24) is 9.97 Å². The lowest BCUT2D eigenvalue weighted by molar-refractivity contribution is -0.137. The van der Waals surface area contributed by atoms with Crippen LogP contribution in [0.4, 0.5) is 29.1 Å². The Morgan fingerprint density at radius 1 is 1.06 bits per heavy atom. The quantitative estimate of drug-likeness (QED) is 0.451. The SMILES string of the molecule is COc1cc2c(Nc3ccc(C(F)(F)F)cc3Br)ncnc2cc1OC1CO[C@H]2[C@H](F)CO[C@@H]12. The van der Waals surface area contributed by atoms with Crippen LogP contribution in [0.5, 0.6) is 11.5 Å². The van der Waals surface area contributed by atoms with Gasteiger partial charge in [0.2, 0.25) is 0 Å². The molecule has 12 heteroatoms. The molecule has 0 bridgehead atoms. The van der Waals surface area contributed by atoms with E-state index in [-0.39, 0.29) is 17.7 Å². The van der Waals surface area contributed by atoms with E-state index < -0.39 is 36.2 Å². The Hall–Kier alpha value is -2.70. The number of alkyl halides is 4. The molecule has 180 valence electrons. The predicted octanol–water partition coefficient (Wildman–Crippen LogP) is 5.05. The maximum absolute atomic E-state index is 13.9. The zero-order valence-electron chi connectivity index (χ0n) is 17.6. The number of rotatable bonds is 5. The van der Waals surface area contributed by atoms with Crippen LogP contribution in [-0.4, -0.2) is 54.8 Å². The third-order valence-electron chi connectivity index (χ3n) is 5.70. The number of methoxy groups -OCH3 is 1. The monoisotopic (exact) mass is 543 g/mol. The largest absolute Gasteiger partial charge is 0.493 e. The van der Waals surface area contributed by atoms with Crippen LogP contribution in [0.2, 0.25) is 0 Å². The summed E-state index contributed by atoms with van der Waals surface area (Å²) in [5.74, 6) is 1.10. The first-order chi connectivity index (χ1) is 16.2. The molecule has 2 aliphatic heterocycles. The van der Waals surface area contributed by atoms with Gasteiger partial charge in [0.25, 0.3) is 0 Å². The Bertz CT molecular complexity index is 1230. The highest BCUT2D eigenvalue weighted by Crippen LogP contribution is 2.39. The van der Waals surface area contributed by atoms with Gasteiger partial charge in [0, 0.05) is 15.9 Å². The van der Waals surface area contributed by atoms with Gasteiger partial charge < -0.3 is 24.3 Å². The van der Waals surface area contributed by atoms with Gasteiger partial charge >= 0.3 is 6.18 Å². The summed E-state index contributed by atoms with van der Waals surface area (Å²) in [4.78, 5) is 8.50. The van der Waals surface area contributed by atoms with Crippen LogP contribution in [0, 0.1) is 0 Å². The van der Waals surface area contributed by atoms with E-state index in [2.05, 4.69) is 31.2 Å². The highest BCUT2D eigenvalue weighted by molar-refractivity contribution is 9.10. The Labute approximate surface area is 199 Å². The lowest BCUT2D eigenvalue weighted by Crippen LogP contribution is -2.33. The Morgan fingerprint density at radius 3 is 2.59 bits per heavy atom. The van der Waals surface area contributed by atoms with Gasteiger partial charge in [-0.25, -0.2) is 14.4 Å². The minimum Gasteiger partial charge on any atom is -0.493 e. The van der Waals surface area contributed by atoms with Gasteiger partial charge in [-0.3, -0.25) is 0 Å². The number of anilines is 2. The van der Waals surface area contributed by atoms with Crippen molar-refractivity contribution in [3.8, 4) is 11.5 Å². The fourth-order valence-electron chi connectivity index (χ4n) is 4.02. The average Bonchev–Trinajstić information content (AvgIpc) is 3.37. The Balaban J connectivity index is 1.44. The van der Waals surface area contributed by atoms with E-state index in [4.69, 9.17) is 18.9 Å². The molecule has 2 aliphatic rings. The van der Waals surface area contributed by atoms with Gasteiger partial charge in [0.15, 0.2) is 23.8 Å². The predicted molar refractivity (Wildman–Crippen MR) is 117 cm³/mol. The lowest BCUT2D eigenvalue weighted by Gasteiger charge is -2.20. The molecule has 2 saturated heterocycles. The lowest BCUT2D eigenvalue weighted by atomic mass is 10.1. The summed E-state index contributed by atoms with van der Waals surface area (Å²) in [5, 5.41) is 3.59. The molecule has 0 radical (unpaired) electrons. The molecule has 2 aromatic carbocycles. The minimum atomic E-state index is -4.45. The summed E-state index contributed by atoms with van der Waals surface area (Å²) in [6.45, 7) is 0.140. The summed E-state index contributed by atoms with van der Waals surface area (Å²) in [6, 6.07) is 6.59. The highest BCUT2D eigenvalue weighted by atomic mass is 79.9. The number of hydrogen-bond acceptors (Lipinski definition) is 7. The second-order valence-electron chi connectivity index (χ2n) is 7.83. The number of halogens is 5. The van der Waals surface area contributed by atoms with Crippen molar-refractivity contribution in [1.29, 1.82) is 0 Å². The van der Waals surface area contributed by atoms with Gasteiger partial charge in [-0.1, -0.05) is 0 Å². The van der Waals surface area contributed by atoms with Gasteiger partial charge in [-0.15, -0.1) is 0 Å².